The van der Waals surface area contributed by atoms with Crippen LogP contribution in [0, 0.1) is 0 Å². The molecule has 0 spiro atoms. The third kappa shape index (κ3) is 2.55. The van der Waals surface area contributed by atoms with Gasteiger partial charge in [0.25, 0.3) is 0 Å². The minimum absolute atomic E-state index is 1.08. The van der Waals surface area contributed by atoms with Crippen LogP contribution in [0.1, 0.15) is 12.0 Å². The van der Waals surface area contributed by atoms with Crippen LogP contribution in [-0.2, 0) is 6.54 Å². The van der Waals surface area contributed by atoms with E-state index >= 15 is 0 Å². The maximum absolute atomic E-state index is 3.49. The Balaban J connectivity index is 2.10. The van der Waals surface area contributed by atoms with E-state index in [-0.39, 0.29) is 0 Å². The Hall–Kier alpha value is 0.140. The Morgan fingerprint density at radius 2 is 1.69 bits per heavy atom. The van der Waals surface area contributed by atoms with Gasteiger partial charge in [0, 0.05) is 15.5 Å². The predicted octanol–water partition coefficient (Wildman–Crippen LogP) is 3.42. The maximum atomic E-state index is 3.49. The molecule has 0 saturated carbocycles. The lowest BCUT2D eigenvalue weighted by Gasteiger charge is -2.30. The highest BCUT2D eigenvalue weighted by molar-refractivity contribution is 9.11. The molecule has 1 heterocycles. The Morgan fingerprint density at radius 3 is 2.15 bits per heavy atom. The standard InChI is InChI=1S/C10H11Br2N/c11-9-4-8(5-10(12)6-9)7-13-2-1-3-13/h4-6H,1-3,7H2. The van der Waals surface area contributed by atoms with E-state index in [0.717, 1.165) is 15.5 Å². The number of nitrogens with zero attached hydrogens (tertiary/aromatic N) is 1. The minimum atomic E-state index is 1.08. The van der Waals surface area contributed by atoms with Gasteiger partial charge in [-0.2, -0.15) is 0 Å². The normalized spacial score (nSPS) is 17.1. The molecule has 0 bridgehead atoms. The van der Waals surface area contributed by atoms with Crippen LogP contribution in [0.4, 0.5) is 0 Å². The van der Waals surface area contributed by atoms with E-state index in [0.29, 0.717) is 0 Å². The summed E-state index contributed by atoms with van der Waals surface area (Å²) in [5.74, 6) is 0. The van der Waals surface area contributed by atoms with Gasteiger partial charge in [0.1, 0.15) is 0 Å². The fraction of sp³-hybridized carbons (Fsp3) is 0.400. The maximum Gasteiger partial charge on any atom is 0.0234 e. The lowest BCUT2D eigenvalue weighted by molar-refractivity contribution is 0.172. The summed E-state index contributed by atoms with van der Waals surface area (Å²) >= 11 is 6.99. The summed E-state index contributed by atoms with van der Waals surface area (Å²) in [7, 11) is 0. The van der Waals surface area contributed by atoms with Gasteiger partial charge in [-0.05, 0) is 43.3 Å². The molecule has 0 radical (unpaired) electrons. The molecule has 1 aliphatic heterocycles. The summed E-state index contributed by atoms with van der Waals surface area (Å²) < 4.78 is 2.30. The first-order valence-electron chi connectivity index (χ1n) is 4.41. The largest absolute Gasteiger partial charge is 0.299 e. The van der Waals surface area contributed by atoms with Gasteiger partial charge in [0.2, 0.25) is 0 Å². The van der Waals surface area contributed by atoms with Gasteiger partial charge in [-0.1, -0.05) is 31.9 Å². The molecular weight excluding hydrogens is 294 g/mol. The Kier molecular flexibility index (Phi) is 3.06. The average molecular weight is 305 g/mol. The van der Waals surface area contributed by atoms with Gasteiger partial charge in [0.15, 0.2) is 0 Å². The predicted molar refractivity (Wildman–Crippen MR) is 61.7 cm³/mol. The smallest absolute Gasteiger partial charge is 0.0234 e. The highest BCUT2D eigenvalue weighted by atomic mass is 79.9. The fourth-order valence-electron chi connectivity index (χ4n) is 1.50. The zero-order valence-electron chi connectivity index (χ0n) is 7.26. The highest BCUT2D eigenvalue weighted by Crippen LogP contribution is 2.22. The first-order chi connectivity index (χ1) is 6.24. The molecule has 1 aromatic rings. The van der Waals surface area contributed by atoms with Crippen molar-refractivity contribution < 1.29 is 0 Å². The molecule has 1 fully saturated rings. The van der Waals surface area contributed by atoms with E-state index in [9.17, 15) is 0 Å². The summed E-state index contributed by atoms with van der Waals surface area (Å²) in [4.78, 5) is 2.45. The van der Waals surface area contributed by atoms with Gasteiger partial charge >= 0.3 is 0 Å². The zero-order chi connectivity index (χ0) is 9.26. The lowest BCUT2D eigenvalue weighted by Crippen LogP contribution is -2.36. The monoisotopic (exact) mass is 303 g/mol. The molecule has 1 aliphatic rings. The number of halogens is 2. The number of benzene rings is 1. The van der Waals surface area contributed by atoms with Gasteiger partial charge in [-0.15, -0.1) is 0 Å². The third-order valence-electron chi connectivity index (χ3n) is 2.28. The first kappa shape index (κ1) is 9.69. The number of likely N-dealkylation sites (tertiary alicyclic amines) is 1. The van der Waals surface area contributed by atoms with Crippen molar-refractivity contribution >= 4 is 31.9 Å². The molecule has 0 unspecified atom stereocenters. The van der Waals surface area contributed by atoms with Crippen molar-refractivity contribution in [3.05, 3.63) is 32.7 Å². The van der Waals surface area contributed by atoms with Crippen molar-refractivity contribution in [3.8, 4) is 0 Å². The van der Waals surface area contributed by atoms with Gasteiger partial charge in [0.05, 0.1) is 0 Å². The Bertz CT molecular complexity index is 288. The van der Waals surface area contributed by atoms with Crippen LogP contribution in [0.5, 0.6) is 0 Å². The second kappa shape index (κ2) is 4.11. The van der Waals surface area contributed by atoms with Crippen molar-refractivity contribution in [3.63, 3.8) is 0 Å². The topological polar surface area (TPSA) is 3.24 Å². The van der Waals surface area contributed by atoms with Crippen LogP contribution in [0.2, 0.25) is 0 Å². The van der Waals surface area contributed by atoms with Crippen LogP contribution in [0.3, 0.4) is 0 Å². The number of hydrogen-bond donors (Lipinski definition) is 0. The zero-order valence-corrected chi connectivity index (χ0v) is 10.4. The molecule has 70 valence electrons. The fourth-order valence-corrected chi connectivity index (χ4v) is 2.89. The van der Waals surface area contributed by atoms with Crippen molar-refractivity contribution in [2.24, 2.45) is 0 Å². The summed E-state index contributed by atoms with van der Waals surface area (Å²) in [6, 6.07) is 6.44. The highest BCUT2D eigenvalue weighted by Gasteiger charge is 2.13. The van der Waals surface area contributed by atoms with E-state index in [4.69, 9.17) is 0 Å². The third-order valence-corrected chi connectivity index (χ3v) is 3.19. The summed E-state index contributed by atoms with van der Waals surface area (Å²) in [6.45, 7) is 3.59. The average Bonchev–Trinajstić information content (AvgIpc) is 1.95. The summed E-state index contributed by atoms with van der Waals surface area (Å²) in [5, 5.41) is 0. The second-order valence-corrected chi connectivity index (χ2v) is 5.24. The molecule has 1 nitrogen and oxygen atoms in total. The molecule has 0 atom stereocenters. The van der Waals surface area contributed by atoms with Gasteiger partial charge in [-0.3, -0.25) is 4.90 Å². The SMILES string of the molecule is Brc1cc(Br)cc(CN2CCC2)c1. The van der Waals surface area contributed by atoms with Crippen LogP contribution in [-0.4, -0.2) is 18.0 Å². The summed E-state index contributed by atoms with van der Waals surface area (Å²) in [5.41, 5.74) is 1.38. The van der Waals surface area contributed by atoms with Crippen LogP contribution in [0.15, 0.2) is 27.1 Å². The second-order valence-electron chi connectivity index (χ2n) is 3.41. The van der Waals surface area contributed by atoms with Crippen molar-refractivity contribution in [1.82, 2.24) is 4.90 Å². The van der Waals surface area contributed by atoms with Crippen molar-refractivity contribution in [1.29, 1.82) is 0 Å². The molecular formula is C10H11Br2N. The van der Waals surface area contributed by atoms with Crippen LogP contribution < -0.4 is 0 Å². The van der Waals surface area contributed by atoms with Gasteiger partial charge < -0.3 is 0 Å². The molecule has 0 amide bonds. The summed E-state index contributed by atoms with van der Waals surface area (Å²) in [6.07, 6.45) is 1.36. The number of hydrogen-bond acceptors (Lipinski definition) is 1. The molecule has 0 aromatic heterocycles. The Morgan fingerprint density at radius 1 is 1.08 bits per heavy atom. The van der Waals surface area contributed by atoms with E-state index in [2.05, 4.69) is 55.0 Å². The van der Waals surface area contributed by atoms with E-state index in [1.54, 1.807) is 0 Å². The van der Waals surface area contributed by atoms with Crippen LogP contribution >= 0.6 is 31.9 Å². The lowest BCUT2D eigenvalue weighted by atomic mass is 10.1. The Labute approximate surface area is 95.4 Å². The van der Waals surface area contributed by atoms with Crippen molar-refractivity contribution in [2.45, 2.75) is 13.0 Å². The molecule has 0 N–H and O–H groups in total. The molecule has 1 aromatic carbocycles. The van der Waals surface area contributed by atoms with Gasteiger partial charge in [-0.25, -0.2) is 0 Å². The first-order valence-corrected chi connectivity index (χ1v) is 6.00. The van der Waals surface area contributed by atoms with E-state index in [1.807, 2.05) is 0 Å². The van der Waals surface area contributed by atoms with Crippen molar-refractivity contribution in [2.75, 3.05) is 13.1 Å². The minimum Gasteiger partial charge on any atom is -0.299 e. The molecule has 2 rings (SSSR count). The molecule has 1 saturated heterocycles. The quantitative estimate of drug-likeness (QED) is 0.809. The van der Waals surface area contributed by atoms with E-state index in [1.165, 1.54) is 25.1 Å². The molecule has 0 aliphatic carbocycles. The van der Waals surface area contributed by atoms with E-state index < -0.39 is 0 Å². The number of rotatable bonds is 2. The molecule has 13 heavy (non-hydrogen) atoms. The van der Waals surface area contributed by atoms with Crippen LogP contribution in [0.25, 0.3) is 0 Å². The molecule has 3 heteroatoms.